The van der Waals surface area contributed by atoms with Gasteiger partial charge in [-0.15, -0.1) is 0 Å². The Morgan fingerprint density at radius 1 is 1.20 bits per heavy atom. The minimum atomic E-state index is -0.290. The molecule has 1 heterocycles. The Labute approximate surface area is 180 Å². The molecule has 0 unspecified atom stereocenters. The number of Topliss-reactive ketones (excluding diaryl/α,β-unsaturated/α-hetero) is 1. The lowest BCUT2D eigenvalue weighted by molar-refractivity contribution is -0.118. The van der Waals surface area contributed by atoms with Crippen molar-refractivity contribution < 1.29 is 14.3 Å². The fraction of sp³-hybridized carbons (Fsp3) is 0.261. The van der Waals surface area contributed by atoms with Gasteiger partial charge in [-0.25, -0.2) is 4.98 Å². The maximum absolute atomic E-state index is 12.9. The van der Waals surface area contributed by atoms with Crippen molar-refractivity contribution in [3.8, 4) is 11.4 Å². The normalized spacial score (nSPS) is 11.7. The molecule has 1 aromatic heterocycles. The fourth-order valence-corrected chi connectivity index (χ4v) is 3.96. The average molecular weight is 424 g/mol. The maximum Gasteiger partial charge on any atom is 0.216 e. The molecule has 0 saturated carbocycles. The van der Waals surface area contributed by atoms with Crippen molar-refractivity contribution in [2.75, 3.05) is 13.7 Å². The van der Waals surface area contributed by atoms with Gasteiger partial charge in [0.25, 0.3) is 0 Å². The quantitative estimate of drug-likeness (QED) is 0.417. The van der Waals surface area contributed by atoms with Crippen molar-refractivity contribution in [1.29, 1.82) is 0 Å². The van der Waals surface area contributed by atoms with Crippen LogP contribution in [0.2, 0.25) is 0 Å². The molecule has 0 saturated heterocycles. The van der Waals surface area contributed by atoms with E-state index in [1.165, 1.54) is 18.7 Å². The molecule has 1 N–H and O–H groups in total. The summed E-state index contributed by atoms with van der Waals surface area (Å²) in [6.07, 6.45) is 4.33. The van der Waals surface area contributed by atoms with Crippen LogP contribution in [-0.4, -0.2) is 40.1 Å². The van der Waals surface area contributed by atoms with E-state index < -0.39 is 0 Å². The molecule has 1 amide bonds. The summed E-state index contributed by atoms with van der Waals surface area (Å²) in [7, 11) is 1.63. The summed E-state index contributed by atoms with van der Waals surface area (Å²) in [5.74, 6) is 0.772. The molecular weight excluding hydrogens is 398 g/mol. The van der Waals surface area contributed by atoms with Gasteiger partial charge in [0.1, 0.15) is 5.75 Å². The van der Waals surface area contributed by atoms with Crippen molar-refractivity contribution >= 4 is 23.5 Å². The van der Waals surface area contributed by atoms with Crippen LogP contribution in [0.3, 0.4) is 0 Å². The minimum Gasteiger partial charge on any atom is -0.497 e. The third-order valence-electron chi connectivity index (χ3n) is 4.62. The summed E-state index contributed by atoms with van der Waals surface area (Å²) < 4.78 is 7.25. The van der Waals surface area contributed by atoms with Crippen LogP contribution >= 0.6 is 11.8 Å². The van der Waals surface area contributed by atoms with Crippen molar-refractivity contribution in [2.24, 2.45) is 0 Å². The van der Waals surface area contributed by atoms with E-state index in [4.69, 9.17) is 4.74 Å². The van der Waals surface area contributed by atoms with E-state index in [0.29, 0.717) is 12.1 Å². The van der Waals surface area contributed by atoms with E-state index in [1.807, 2.05) is 66.2 Å². The second kappa shape index (κ2) is 10.1. The number of ether oxygens (including phenoxy) is 1. The molecule has 0 aliphatic carbocycles. The number of hydrogen-bond donors (Lipinski definition) is 1. The largest absolute Gasteiger partial charge is 0.497 e. The summed E-state index contributed by atoms with van der Waals surface area (Å²) in [4.78, 5) is 28.3. The van der Waals surface area contributed by atoms with Crippen LogP contribution in [0.1, 0.15) is 29.8 Å². The van der Waals surface area contributed by atoms with Gasteiger partial charge < -0.3 is 10.1 Å². The first-order chi connectivity index (χ1) is 14.5. The number of nitrogens with one attached hydrogen (secondary N) is 1. The topological polar surface area (TPSA) is 73.2 Å². The predicted octanol–water partition coefficient (Wildman–Crippen LogP) is 3.92. The van der Waals surface area contributed by atoms with Crippen molar-refractivity contribution in [3.63, 3.8) is 0 Å². The zero-order valence-corrected chi connectivity index (χ0v) is 18.1. The Morgan fingerprint density at radius 3 is 2.67 bits per heavy atom. The molecule has 1 atom stereocenters. The summed E-state index contributed by atoms with van der Waals surface area (Å²) >= 11 is 1.42. The van der Waals surface area contributed by atoms with Gasteiger partial charge in [-0.05, 0) is 31.0 Å². The van der Waals surface area contributed by atoms with E-state index in [9.17, 15) is 9.59 Å². The van der Waals surface area contributed by atoms with E-state index in [-0.39, 0.29) is 16.9 Å². The summed E-state index contributed by atoms with van der Waals surface area (Å²) in [6.45, 7) is 3.98. The third-order valence-corrected chi connectivity index (χ3v) is 5.70. The maximum atomic E-state index is 12.9. The smallest absolute Gasteiger partial charge is 0.216 e. The van der Waals surface area contributed by atoms with Gasteiger partial charge in [0.05, 0.1) is 18.0 Å². The van der Waals surface area contributed by atoms with Gasteiger partial charge in [0.2, 0.25) is 5.91 Å². The van der Waals surface area contributed by atoms with Crippen LogP contribution in [0.5, 0.6) is 5.75 Å². The van der Waals surface area contributed by atoms with Gasteiger partial charge in [-0.1, -0.05) is 42.1 Å². The van der Waals surface area contributed by atoms with Crippen LogP contribution in [0.4, 0.5) is 0 Å². The highest BCUT2D eigenvalue weighted by Gasteiger charge is 2.19. The lowest BCUT2D eigenvalue weighted by Crippen LogP contribution is -2.22. The lowest BCUT2D eigenvalue weighted by Gasteiger charge is -2.13. The van der Waals surface area contributed by atoms with Crippen LogP contribution < -0.4 is 10.1 Å². The fourth-order valence-electron chi connectivity index (χ4n) is 3.00. The highest BCUT2D eigenvalue weighted by Crippen LogP contribution is 2.28. The number of aromatic nitrogens is 2. The highest BCUT2D eigenvalue weighted by molar-refractivity contribution is 8.00. The van der Waals surface area contributed by atoms with E-state index >= 15 is 0 Å². The number of ketones is 1. The standard InChI is InChI=1S/C23H25N3O3S/c1-16(22(28)19-9-7-18(8-10-19)11-12-24-17(2)27)30-23-25-13-14-26(23)20-5-4-6-21(15-20)29-3/h4-10,13-16H,11-12H2,1-3H3,(H,24,27)/t16-/m0/s1. The number of carbonyl (C=O) groups is 2. The highest BCUT2D eigenvalue weighted by atomic mass is 32.2. The molecule has 3 aromatic rings. The van der Waals surface area contributed by atoms with Crippen LogP contribution in [0.25, 0.3) is 5.69 Å². The second-order valence-corrected chi connectivity index (χ2v) is 8.14. The molecule has 30 heavy (non-hydrogen) atoms. The van der Waals surface area contributed by atoms with Crippen LogP contribution in [0, 0.1) is 0 Å². The van der Waals surface area contributed by atoms with Crippen LogP contribution in [-0.2, 0) is 11.2 Å². The molecule has 0 fully saturated rings. The Kier molecular flexibility index (Phi) is 7.30. The molecule has 2 aromatic carbocycles. The molecule has 0 bridgehead atoms. The number of imidazole rings is 1. The molecule has 3 rings (SSSR count). The number of hydrogen-bond acceptors (Lipinski definition) is 5. The van der Waals surface area contributed by atoms with Gasteiger partial charge in [-0.3, -0.25) is 14.2 Å². The zero-order chi connectivity index (χ0) is 21.5. The zero-order valence-electron chi connectivity index (χ0n) is 17.3. The number of nitrogens with zero attached hydrogens (tertiary/aromatic N) is 2. The number of amides is 1. The minimum absolute atomic E-state index is 0.0417. The Morgan fingerprint density at radius 2 is 1.97 bits per heavy atom. The Balaban J connectivity index is 1.66. The number of benzene rings is 2. The molecule has 7 heteroatoms. The molecular formula is C23H25N3O3S. The molecule has 0 spiro atoms. The van der Waals surface area contributed by atoms with Crippen molar-refractivity contribution in [1.82, 2.24) is 14.9 Å². The van der Waals surface area contributed by atoms with Gasteiger partial charge in [0.15, 0.2) is 10.9 Å². The van der Waals surface area contributed by atoms with Gasteiger partial charge >= 0.3 is 0 Å². The summed E-state index contributed by atoms with van der Waals surface area (Å²) in [5, 5.41) is 3.23. The number of thioether (sulfide) groups is 1. The molecule has 0 aliphatic heterocycles. The number of methoxy groups -OCH3 is 1. The first-order valence-corrected chi connectivity index (χ1v) is 10.6. The molecule has 156 valence electrons. The average Bonchev–Trinajstić information content (AvgIpc) is 3.21. The van der Waals surface area contributed by atoms with Gasteiger partial charge in [0, 0.05) is 37.5 Å². The molecule has 0 radical (unpaired) electrons. The first kappa shape index (κ1) is 21.6. The number of carbonyl (C=O) groups excluding carboxylic acids is 2. The Hall–Kier alpha value is -3.06. The third kappa shape index (κ3) is 5.51. The van der Waals surface area contributed by atoms with Gasteiger partial charge in [-0.2, -0.15) is 0 Å². The lowest BCUT2D eigenvalue weighted by atomic mass is 10.0. The SMILES string of the molecule is COc1cccc(-n2ccnc2S[C@@H](C)C(=O)c2ccc(CCNC(C)=O)cc2)c1. The van der Waals surface area contributed by atoms with E-state index in [2.05, 4.69) is 10.3 Å². The monoisotopic (exact) mass is 423 g/mol. The second-order valence-electron chi connectivity index (χ2n) is 6.84. The first-order valence-electron chi connectivity index (χ1n) is 9.70. The molecule has 0 aliphatic rings. The van der Waals surface area contributed by atoms with Crippen molar-refractivity contribution in [2.45, 2.75) is 30.7 Å². The van der Waals surface area contributed by atoms with Crippen LogP contribution in [0.15, 0.2) is 66.1 Å². The molecule has 6 nitrogen and oxygen atoms in total. The van der Waals surface area contributed by atoms with E-state index in [1.54, 1.807) is 13.3 Å². The van der Waals surface area contributed by atoms with E-state index in [0.717, 1.165) is 28.6 Å². The summed E-state index contributed by atoms with van der Waals surface area (Å²) in [5.41, 5.74) is 2.67. The number of rotatable bonds is 9. The van der Waals surface area contributed by atoms with Crippen molar-refractivity contribution in [3.05, 3.63) is 72.1 Å². The summed E-state index contributed by atoms with van der Waals surface area (Å²) in [6, 6.07) is 15.3. The Bertz CT molecular complexity index is 1010. The predicted molar refractivity (Wildman–Crippen MR) is 119 cm³/mol.